The van der Waals surface area contributed by atoms with Crippen LogP contribution in [-0.4, -0.2) is 0 Å². The summed E-state index contributed by atoms with van der Waals surface area (Å²) in [6.07, 6.45) is 7.21. The molecule has 1 atom stereocenters. The summed E-state index contributed by atoms with van der Waals surface area (Å²) in [4.78, 5) is 1.43. The van der Waals surface area contributed by atoms with Gasteiger partial charge < -0.3 is 5.73 Å². The van der Waals surface area contributed by atoms with Crippen molar-refractivity contribution in [3.05, 3.63) is 57.3 Å². The number of benzene rings is 1. The highest BCUT2D eigenvalue weighted by atomic mass is 32.1. The Morgan fingerprint density at radius 2 is 1.95 bits per heavy atom. The third kappa shape index (κ3) is 2.97. The normalized spacial score (nSPS) is 17.5. The highest BCUT2D eigenvalue weighted by Crippen LogP contribution is 2.29. The molecular weight excluding hydrogens is 262 g/mol. The van der Waals surface area contributed by atoms with Gasteiger partial charge in [0, 0.05) is 10.4 Å². The zero-order chi connectivity index (χ0) is 14.0. The van der Waals surface area contributed by atoms with Gasteiger partial charge in [-0.15, -0.1) is 11.3 Å². The molecule has 1 unspecified atom stereocenters. The fourth-order valence-electron chi connectivity index (χ4n) is 3.07. The van der Waals surface area contributed by atoms with Crippen LogP contribution in [0.15, 0.2) is 35.7 Å². The zero-order valence-electron chi connectivity index (χ0n) is 12.2. The standard InChI is InChI=1S/C18H23NS/c1-18(19,11-10-17-7-4-12-20-17)16-9-8-14-5-2-3-6-15(14)13-16/h4,7-9,12-13H,2-3,5-6,10-11,19H2,1H3. The van der Waals surface area contributed by atoms with Crippen molar-refractivity contribution in [1.82, 2.24) is 0 Å². The summed E-state index contributed by atoms with van der Waals surface area (Å²) in [5.74, 6) is 0. The lowest BCUT2D eigenvalue weighted by Gasteiger charge is -2.27. The first-order chi connectivity index (χ1) is 9.65. The molecule has 1 heterocycles. The highest BCUT2D eigenvalue weighted by molar-refractivity contribution is 7.09. The third-order valence-electron chi connectivity index (χ3n) is 4.48. The van der Waals surface area contributed by atoms with Crippen LogP contribution in [0.5, 0.6) is 0 Å². The minimum absolute atomic E-state index is 0.226. The van der Waals surface area contributed by atoms with E-state index in [9.17, 15) is 0 Å². The Morgan fingerprint density at radius 3 is 2.70 bits per heavy atom. The molecular formula is C18H23NS. The number of hydrogen-bond acceptors (Lipinski definition) is 2. The van der Waals surface area contributed by atoms with Crippen LogP contribution >= 0.6 is 11.3 Å². The number of rotatable bonds is 4. The predicted octanol–water partition coefficient (Wildman–Crippen LogP) is 4.43. The van der Waals surface area contributed by atoms with E-state index in [4.69, 9.17) is 5.73 Å². The second kappa shape index (κ2) is 5.71. The Kier molecular flexibility index (Phi) is 3.95. The molecule has 1 nitrogen and oxygen atoms in total. The van der Waals surface area contributed by atoms with Crippen LogP contribution in [0.2, 0.25) is 0 Å². The smallest absolute Gasteiger partial charge is 0.0384 e. The molecule has 0 saturated carbocycles. The first-order valence-corrected chi connectivity index (χ1v) is 8.47. The van der Waals surface area contributed by atoms with E-state index in [0.29, 0.717) is 0 Å². The summed E-state index contributed by atoms with van der Waals surface area (Å²) in [6, 6.07) is 11.2. The maximum atomic E-state index is 6.59. The molecule has 1 aromatic heterocycles. The largest absolute Gasteiger partial charge is 0.322 e. The predicted molar refractivity (Wildman–Crippen MR) is 87.3 cm³/mol. The molecule has 20 heavy (non-hydrogen) atoms. The van der Waals surface area contributed by atoms with Crippen molar-refractivity contribution in [3.63, 3.8) is 0 Å². The Morgan fingerprint density at radius 1 is 1.15 bits per heavy atom. The molecule has 0 spiro atoms. The molecule has 0 saturated heterocycles. The molecule has 3 rings (SSSR count). The van der Waals surface area contributed by atoms with Crippen molar-refractivity contribution in [3.8, 4) is 0 Å². The van der Waals surface area contributed by atoms with Crippen molar-refractivity contribution in [2.75, 3.05) is 0 Å². The monoisotopic (exact) mass is 285 g/mol. The van der Waals surface area contributed by atoms with Gasteiger partial charge in [-0.05, 0) is 73.6 Å². The zero-order valence-corrected chi connectivity index (χ0v) is 13.0. The number of hydrogen-bond donors (Lipinski definition) is 1. The molecule has 0 aliphatic heterocycles. The maximum Gasteiger partial charge on any atom is 0.0384 e. The van der Waals surface area contributed by atoms with Gasteiger partial charge in [-0.1, -0.05) is 24.3 Å². The minimum Gasteiger partial charge on any atom is -0.322 e. The molecule has 0 radical (unpaired) electrons. The lowest BCUT2D eigenvalue weighted by atomic mass is 9.83. The van der Waals surface area contributed by atoms with Gasteiger partial charge in [0.25, 0.3) is 0 Å². The molecule has 2 N–H and O–H groups in total. The molecule has 2 heteroatoms. The van der Waals surface area contributed by atoms with E-state index in [2.05, 4.69) is 42.6 Å². The number of thiophene rings is 1. The van der Waals surface area contributed by atoms with E-state index in [-0.39, 0.29) is 5.54 Å². The minimum atomic E-state index is -0.226. The van der Waals surface area contributed by atoms with E-state index >= 15 is 0 Å². The summed E-state index contributed by atoms with van der Waals surface area (Å²) in [6.45, 7) is 2.17. The van der Waals surface area contributed by atoms with Crippen LogP contribution in [0, 0.1) is 0 Å². The van der Waals surface area contributed by atoms with Crippen LogP contribution in [0.4, 0.5) is 0 Å². The quantitative estimate of drug-likeness (QED) is 0.883. The first kappa shape index (κ1) is 13.8. The van der Waals surface area contributed by atoms with E-state index in [1.807, 2.05) is 11.3 Å². The summed E-state index contributed by atoms with van der Waals surface area (Å²) in [5.41, 5.74) is 10.7. The molecule has 1 aliphatic rings. The van der Waals surface area contributed by atoms with Crippen molar-refractivity contribution in [2.24, 2.45) is 5.73 Å². The van der Waals surface area contributed by atoms with Crippen LogP contribution in [0.25, 0.3) is 0 Å². The molecule has 0 bridgehead atoms. The fourth-order valence-corrected chi connectivity index (χ4v) is 3.78. The van der Waals surface area contributed by atoms with Gasteiger partial charge >= 0.3 is 0 Å². The molecule has 1 aromatic carbocycles. The average molecular weight is 285 g/mol. The Balaban J connectivity index is 1.76. The SMILES string of the molecule is CC(N)(CCc1cccs1)c1ccc2c(c1)CCCC2. The lowest BCUT2D eigenvalue weighted by molar-refractivity contribution is 0.453. The summed E-state index contributed by atoms with van der Waals surface area (Å²) in [7, 11) is 0. The summed E-state index contributed by atoms with van der Waals surface area (Å²) in [5, 5.41) is 2.14. The molecule has 0 fully saturated rings. The van der Waals surface area contributed by atoms with Gasteiger partial charge in [0.2, 0.25) is 0 Å². The summed E-state index contributed by atoms with van der Waals surface area (Å²) < 4.78 is 0. The van der Waals surface area contributed by atoms with E-state index in [0.717, 1.165) is 12.8 Å². The van der Waals surface area contributed by atoms with Crippen LogP contribution in [-0.2, 0) is 24.8 Å². The highest BCUT2D eigenvalue weighted by Gasteiger charge is 2.22. The molecule has 0 amide bonds. The van der Waals surface area contributed by atoms with Gasteiger partial charge in [-0.3, -0.25) is 0 Å². The molecule has 1 aliphatic carbocycles. The van der Waals surface area contributed by atoms with Crippen LogP contribution in [0.1, 0.15) is 47.8 Å². The second-order valence-electron chi connectivity index (χ2n) is 6.19. The Labute approximate surface area is 125 Å². The fraction of sp³-hybridized carbons (Fsp3) is 0.444. The second-order valence-corrected chi connectivity index (χ2v) is 7.22. The topological polar surface area (TPSA) is 26.0 Å². The van der Waals surface area contributed by atoms with Crippen LogP contribution in [0.3, 0.4) is 0 Å². The third-order valence-corrected chi connectivity index (χ3v) is 5.41. The number of nitrogens with two attached hydrogens (primary N) is 1. The van der Waals surface area contributed by atoms with Crippen molar-refractivity contribution < 1.29 is 0 Å². The Bertz CT molecular complexity index is 569. The number of fused-ring (bicyclic) bond motifs is 1. The van der Waals surface area contributed by atoms with E-state index in [1.165, 1.54) is 47.3 Å². The van der Waals surface area contributed by atoms with Crippen molar-refractivity contribution in [1.29, 1.82) is 0 Å². The van der Waals surface area contributed by atoms with Gasteiger partial charge in [0.15, 0.2) is 0 Å². The van der Waals surface area contributed by atoms with Gasteiger partial charge in [-0.25, -0.2) is 0 Å². The maximum absolute atomic E-state index is 6.59. The van der Waals surface area contributed by atoms with Gasteiger partial charge in [0.1, 0.15) is 0 Å². The molecule has 2 aromatic rings. The van der Waals surface area contributed by atoms with Crippen molar-refractivity contribution >= 4 is 11.3 Å². The van der Waals surface area contributed by atoms with Gasteiger partial charge in [-0.2, -0.15) is 0 Å². The van der Waals surface area contributed by atoms with E-state index in [1.54, 1.807) is 0 Å². The van der Waals surface area contributed by atoms with E-state index < -0.39 is 0 Å². The lowest BCUT2D eigenvalue weighted by Crippen LogP contribution is -2.33. The Hall–Kier alpha value is -1.12. The first-order valence-electron chi connectivity index (χ1n) is 7.59. The summed E-state index contributed by atoms with van der Waals surface area (Å²) >= 11 is 1.83. The van der Waals surface area contributed by atoms with Crippen molar-refractivity contribution in [2.45, 2.75) is 51.0 Å². The van der Waals surface area contributed by atoms with Gasteiger partial charge in [0.05, 0.1) is 0 Å². The number of aryl methyl sites for hydroxylation is 3. The van der Waals surface area contributed by atoms with Crippen LogP contribution < -0.4 is 5.73 Å². The average Bonchev–Trinajstić information content (AvgIpc) is 2.98. The molecule has 106 valence electrons.